The molecule has 35 heavy (non-hydrogen) atoms. The van der Waals surface area contributed by atoms with E-state index >= 15 is 0 Å². The molecule has 0 spiro atoms. The van der Waals surface area contributed by atoms with Crippen molar-refractivity contribution in [3.63, 3.8) is 0 Å². The van der Waals surface area contributed by atoms with Gasteiger partial charge in [-0.2, -0.15) is 0 Å². The number of carbonyl (C=O) groups is 2. The first-order valence-electron chi connectivity index (χ1n) is 12.0. The summed E-state index contributed by atoms with van der Waals surface area (Å²) in [5.41, 5.74) is 1.76. The molecule has 0 fully saturated rings. The average molecular weight is 493 g/mol. The van der Waals surface area contributed by atoms with Gasteiger partial charge in [-0.3, -0.25) is 9.59 Å². The molecular weight excluding hydrogens is 459 g/mol. The molecule has 3 aromatic carbocycles. The molecule has 0 aliphatic heterocycles. The first-order valence-corrected chi connectivity index (χ1v) is 13.0. The number of carbonyl (C=O) groups excluding carboxylic acids is 2. The molecule has 1 N–H and O–H groups in total. The van der Waals surface area contributed by atoms with E-state index in [0.29, 0.717) is 18.6 Å². The monoisotopic (exact) mass is 492 g/mol. The number of nitrogens with one attached hydrogen (secondary N) is 1. The van der Waals surface area contributed by atoms with E-state index < -0.39 is 6.04 Å². The average Bonchev–Trinajstić information content (AvgIpc) is 2.88. The molecule has 0 aliphatic rings. The topological polar surface area (TPSA) is 49.4 Å². The Hall–Kier alpha value is -3.12. The highest BCUT2D eigenvalue weighted by Crippen LogP contribution is 2.21. The van der Waals surface area contributed by atoms with Gasteiger partial charge in [0.2, 0.25) is 11.8 Å². The van der Waals surface area contributed by atoms with Crippen LogP contribution in [0, 0.1) is 5.82 Å². The van der Waals surface area contributed by atoms with Gasteiger partial charge in [0.25, 0.3) is 0 Å². The van der Waals surface area contributed by atoms with Crippen LogP contribution in [0.1, 0.15) is 37.8 Å². The number of thioether (sulfide) groups is 1. The zero-order chi connectivity index (χ0) is 25.0. The second-order valence-corrected chi connectivity index (χ2v) is 9.75. The Labute approximate surface area is 211 Å². The lowest BCUT2D eigenvalue weighted by atomic mass is 10.0. The summed E-state index contributed by atoms with van der Waals surface area (Å²) in [6.45, 7) is 4.21. The number of benzene rings is 3. The van der Waals surface area contributed by atoms with Gasteiger partial charge in [0, 0.05) is 36.1 Å². The van der Waals surface area contributed by atoms with Gasteiger partial charge in [-0.05, 0) is 48.7 Å². The number of amides is 2. The van der Waals surface area contributed by atoms with Crippen molar-refractivity contribution < 1.29 is 14.0 Å². The molecule has 184 valence electrons. The SMILES string of the molecule is CCC(C)NC(=O)C(Cc1ccccc1)N(Cc1ccc(F)cc1)C(=O)CCSc1ccccc1. The summed E-state index contributed by atoms with van der Waals surface area (Å²) in [7, 11) is 0. The van der Waals surface area contributed by atoms with Crippen LogP contribution >= 0.6 is 11.8 Å². The standard InChI is InChI=1S/C29H33FN2O2S/c1-3-22(2)31-29(34)27(20-23-10-6-4-7-11-23)32(21-24-14-16-25(30)17-15-24)28(33)18-19-35-26-12-8-5-9-13-26/h4-17,22,27H,3,18-21H2,1-2H3,(H,31,34). The first-order chi connectivity index (χ1) is 17.0. The lowest BCUT2D eigenvalue weighted by Gasteiger charge is -2.32. The molecule has 0 bridgehead atoms. The maximum atomic E-state index is 13.6. The van der Waals surface area contributed by atoms with Crippen LogP contribution in [-0.2, 0) is 22.6 Å². The molecule has 3 aromatic rings. The lowest BCUT2D eigenvalue weighted by molar-refractivity contribution is -0.141. The van der Waals surface area contributed by atoms with E-state index in [1.165, 1.54) is 12.1 Å². The van der Waals surface area contributed by atoms with Gasteiger partial charge in [0.15, 0.2) is 0 Å². The minimum atomic E-state index is -0.675. The maximum absolute atomic E-state index is 13.6. The molecule has 0 aliphatic carbocycles. The zero-order valence-electron chi connectivity index (χ0n) is 20.3. The summed E-state index contributed by atoms with van der Waals surface area (Å²) in [6, 6.07) is 25.1. The van der Waals surface area contributed by atoms with Crippen LogP contribution < -0.4 is 5.32 Å². The molecule has 6 heteroatoms. The second-order valence-electron chi connectivity index (χ2n) is 8.58. The molecule has 0 aromatic heterocycles. The Morgan fingerprint density at radius 1 is 0.914 bits per heavy atom. The molecule has 2 unspecified atom stereocenters. The summed E-state index contributed by atoms with van der Waals surface area (Å²) in [5, 5.41) is 3.06. The normalized spacial score (nSPS) is 12.5. The number of halogens is 1. The predicted molar refractivity (Wildman–Crippen MR) is 141 cm³/mol. The van der Waals surface area contributed by atoms with E-state index in [1.807, 2.05) is 74.5 Å². The smallest absolute Gasteiger partial charge is 0.243 e. The van der Waals surface area contributed by atoms with Crippen LogP contribution in [0.4, 0.5) is 4.39 Å². The number of hydrogen-bond acceptors (Lipinski definition) is 3. The van der Waals surface area contributed by atoms with E-state index in [9.17, 15) is 14.0 Å². The predicted octanol–water partition coefficient (Wildman–Crippen LogP) is 5.86. The Bertz CT molecular complexity index is 1060. The third-order valence-electron chi connectivity index (χ3n) is 5.87. The molecule has 0 saturated carbocycles. The largest absolute Gasteiger partial charge is 0.352 e. The summed E-state index contributed by atoms with van der Waals surface area (Å²) in [5.74, 6) is 0.00182. The molecule has 0 saturated heterocycles. The van der Waals surface area contributed by atoms with Crippen LogP contribution in [-0.4, -0.2) is 34.6 Å². The van der Waals surface area contributed by atoms with Crippen molar-refractivity contribution in [3.8, 4) is 0 Å². The number of hydrogen-bond donors (Lipinski definition) is 1. The Kier molecular flexibility index (Phi) is 10.4. The van der Waals surface area contributed by atoms with Crippen molar-refractivity contribution in [1.82, 2.24) is 10.2 Å². The van der Waals surface area contributed by atoms with Crippen molar-refractivity contribution >= 4 is 23.6 Å². The Balaban J connectivity index is 1.85. The molecule has 3 rings (SSSR count). The van der Waals surface area contributed by atoms with Crippen molar-refractivity contribution in [1.29, 1.82) is 0 Å². The van der Waals surface area contributed by atoms with Crippen molar-refractivity contribution in [2.75, 3.05) is 5.75 Å². The Morgan fingerprint density at radius 3 is 2.17 bits per heavy atom. The van der Waals surface area contributed by atoms with Crippen LogP contribution in [0.3, 0.4) is 0 Å². The minimum absolute atomic E-state index is 0.00261. The highest BCUT2D eigenvalue weighted by molar-refractivity contribution is 7.99. The second kappa shape index (κ2) is 13.7. The van der Waals surface area contributed by atoms with Crippen LogP contribution in [0.15, 0.2) is 89.8 Å². The lowest BCUT2D eigenvalue weighted by Crippen LogP contribution is -2.52. The summed E-state index contributed by atoms with van der Waals surface area (Å²) < 4.78 is 13.5. The van der Waals surface area contributed by atoms with Gasteiger partial charge >= 0.3 is 0 Å². The summed E-state index contributed by atoms with van der Waals surface area (Å²) in [4.78, 5) is 29.7. The van der Waals surface area contributed by atoms with Crippen molar-refractivity contribution in [2.45, 2.75) is 56.6 Å². The zero-order valence-corrected chi connectivity index (χ0v) is 21.1. The van der Waals surface area contributed by atoms with E-state index in [0.717, 1.165) is 22.4 Å². The minimum Gasteiger partial charge on any atom is -0.352 e. The van der Waals surface area contributed by atoms with Crippen LogP contribution in [0.25, 0.3) is 0 Å². The van der Waals surface area contributed by atoms with Gasteiger partial charge in [0.05, 0.1) is 0 Å². The summed E-state index contributed by atoms with van der Waals surface area (Å²) in [6.07, 6.45) is 1.49. The molecule has 4 nitrogen and oxygen atoms in total. The summed E-state index contributed by atoms with van der Waals surface area (Å²) >= 11 is 1.62. The molecule has 2 amide bonds. The highest BCUT2D eigenvalue weighted by atomic mass is 32.2. The molecule has 0 radical (unpaired) electrons. The molecular formula is C29H33FN2O2S. The van der Waals surface area contributed by atoms with Gasteiger partial charge in [-0.1, -0.05) is 67.6 Å². The van der Waals surface area contributed by atoms with Crippen molar-refractivity contribution in [3.05, 3.63) is 102 Å². The maximum Gasteiger partial charge on any atom is 0.243 e. The van der Waals surface area contributed by atoms with Gasteiger partial charge in [-0.15, -0.1) is 11.8 Å². The highest BCUT2D eigenvalue weighted by Gasteiger charge is 2.30. The quantitative estimate of drug-likeness (QED) is 0.322. The third-order valence-corrected chi connectivity index (χ3v) is 6.88. The number of rotatable bonds is 12. The van der Waals surface area contributed by atoms with Crippen LogP contribution in [0.5, 0.6) is 0 Å². The van der Waals surface area contributed by atoms with Crippen molar-refractivity contribution in [2.24, 2.45) is 0 Å². The Morgan fingerprint density at radius 2 is 1.54 bits per heavy atom. The van der Waals surface area contributed by atoms with Gasteiger partial charge in [0.1, 0.15) is 11.9 Å². The fraction of sp³-hybridized carbons (Fsp3) is 0.310. The number of nitrogens with zero attached hydrogens (tertiary/aromatic N) is 1. The van der Waals surface area contributed by atoms with E-state index in [1.54, 1.807) is 28.8 Å². The fourth-order valence-corrected chi connectivity index (χ4v) is 4.56. The first kappa shape index (κ1) is 26.5. The van der Waals surface area contributed by atoms with Gasteiger partial charge in [-0.25, -0.2) is 4.39 Å². The van der Waals surface area contributed by atoms with E-state index in [2.05, 4.69) is 5.32 Å². The van der Waals surface area contributed by atoms with Crippen LogP contribution in [0.2, 0.25) is 0 Å². The van der Waals surface area contributed by atoms with E-state index in [4.69, 9.17) is 0 Å². The third kappa shape index (κ3) is 8.55. The molecule has 0 heterocycles. The fourth-order valence-electron chi connectivity index (χ4n) is 3.70. The van der Waals surface area contributed by atoms with Gasteiger partial charge < -0.3 is 10.2 Å². The van der Waals surface area contributed by atoms with E-state index in [-0.39, 0.29) is 30.2 Å². The molecule has 2 atom stereocenters.